The molecule has 3 N–H and O–H groups in total. The summed E-state index contributed by atoms with van der Waals surface area (Å²) >= 11 is 0. The number of amides is 2. The summed E-state index contributed by atoms with van der Waals surface area (Å²) in [5.74, 6) is 1.71. The first-order chi connectivity index (χ1) is 22.7. The minimum absolute atomic E-state index is 0.122. The Balaban J connectivity index is 1.44. The SMILES string of the molecule is COc1cc2c(c(OC)c1OC)-c1ccc(N[C@H](C(=O)NCCCc3nnc4ccccn34)C(C)C)c(=O)cc1[C@@H](NC(C)=O)CC2. The van der Waals surface area contributed by atoms with E-state index in [1.165, 1.54) is 6.92 Å². The normalized spacial score (nSPS) is 14.4. The molecule has 2 atom stereocenters. The maximum Gasteiger partial charge on any atom is 0.242 e. The predicted octanol–water partition coefficient (Wildman–Crippen LogP) is 4.09. The van der Waals surface area contributed by atoms with Crippen LogP contribution in [0.1, 0.15) is 56.6 Å². The van der Waals surface area contributed by atoms with E-state index in [-0.39, 0.29) is 28.8 Å². The van der Waals surface area contributed by atoms with E-state index in [1.807, 2.05) is 54.8 Å². The molecule has 2 aromatic carbocycles. The monoisotopic (exact) mass is 642 g/mol. The molecule has 0 bridgehead atoms. The van der Waals surface area contributed by atoms with Gasteiger partial charge in [0.2, 0.25) is 23.0 Å². The first-order valence-corrected chi connectivity index (χ1v) is 15.8. The molecule has 0 spiro atoms. The number of carbonyl (C=O) groups is 2. The number of hydrogen-bond acceptors (Lipinski definition) is 9. The van der Waals surface area contributed by atoms with Crippen LogP contribution < -0.4 is 35.6 Å². The minimum Gasteiger partial charge on any atom is -0.493 e. The summed E-state index contributed by atoms with van der Waals surface area (Å²) in [5, 5.41) is 17.7. The van der Waals surface area contributed by atoms with Gasteiger partial charge in [-0.1, -0.05) is 26.0 Å². The molecule has 1 aliphatic rings. The Morgan fingerprint density at radius 1 is 1.02 bits per heavy atom. The molecule has 1 aliphatic carbocycles. The van der Waals surface area contributed by atoms with Gasteiger partial charge in [-0.25, -0.2) is 0 Å². The number of rotatable bonds is 12. The van der Waals surface area contributed by atoms with E-state index in [0.717, 1.165) is 22.6 Å². The van der Waals surface area contributed by atoms with E-state index in [2.05, 4.69) is 26.1 Å². The van der Waals surface area contributed by atoms with Crippen molar-refractivity contribution in [3.05, 3.63) is 75.8 Å². The van der Waals surface area contributed by atoms with Gasteiger partial charge in [0.25, 0.3) is 0 Å². The van der Waals surface area contributed by atoms with E-state index in [9.17, 15) is 14.4 Å². The van der Waals surface area contributed by atoms with E-state index < -0.39 is 12.1 Å². The van der Waals surface area contributed by atoms with Crippen molar-refractivity contribution in [3.8, 4) is 28.4 Å². The van der Waals surface area contributed by atoms with Crippen molar-refractivity contribution >= 4 is 23.1 Å². The summed E-state index contributed by atoms with van der Waals surface area (Å²) in [6.07, 6.45) is 4.38. The molecule has 0 saturated heterocycles. The number of nitrogens with zero attached hydrogens (tertiary/aromatic N) is 3. The molecule has 2 amide bonds. The quantitative estimate of drug-likeness (QED) is 0.195. The molecule has 0 aliphatic heterocycles. The number of hydrogen-bond donors (Lipinski definition) is 3. The van der Waals surface area contributed by atoms with Gasteiger partial charge >= 0.3 is 0 Å². The molecule has 4 aromatic rings. The molecule has 0 radical (unpaired) electrons. The van der Waals surface area contributed by atoms with E-state index in [0.29, 0.717) is 60.6 Å². The third-order valence-electron chi connectivity index (χ3n) is 8.44. The summed E-state index contributed by atoms with van der Waals surface area (Å²) in [6, 6.07) is 11.6. The Bertz CT molecular complexity index is 1840. The molecule has 0 unspecified atom stereocenters. The van der Waals surface area contributed by atoms with Crippen molar-refractivity contribution in [1.29, 1.82) is 0 Å². The van der Waals surface area contributed by atoms with Gasteiger partial charge in [0.15, 0.2) is 17.1 Å². The second-order valence-electron chi connectivity index (χ2n) is 11.9. The molecule has 2 heterocycles. The van der Waals surface area contributed by atoms with Crippen LogP contribution in [0.2, 0.25) is 0 Å². The first kappa shape index (κ1) is 33.2. The van der Waals surface area contributed by atoms with Crippen LogP contribution in [0.15, 0.2) is 53.5 Å². The zero-order valence-electron chi connectivity index (χ0n) is 27.7. The standard InChI is InChI=1S/C35H42N6O6/c1-20(2)32(35(44)36-16-9-11-30-40-39-29-10-7-8-17-41(29)30)38-26-15-13-23-24(19-27(26)43)25(37-21(3)42)14-12-22-18-28(45-4)33(46-5)34(47-6)31(22)23/h7-8,10,13,15,17-20,25,32H,9,11-12,14,16H2,1-6H3,(H,36,44)(H,37,42)(H,38,43)/t25-,32-/m0/s1. The maximum atomic E-state index is 13.8. The number of carbonyl (C=O) groups excluding carboxylic acids is 2. The first-order valence-electron chi connectivity index (χ1n) is 15.8. The number of aryl methyl sites for hydroxylation is 2. The van der Waals surface area contributed by atoms with Crippen molar-refractivity contribution in [3.63, 3.8) is 0 Å². The van der Waals surface area contributed by atoms with Gasteiger partial charge in [0.1, 0.15) is 11.9 Å². The van der Waals surface area contributed by atoms with Gasteiger partial charge < -0.3 is 30.2 Å². The molecule has 248 valence electrons. The van der Waals surface area contributed by atoms with E-state index >= 15 is 0 Å². The Morgan fingerprint density at radius 3 is 2.51 bits per heavy atom. The van der Waals surface area contributed by atoms with Crippen molar-refractivity contribution in [2.75, 3.05) is 33.2 Å². The number of ether oxygens (including phenoxy) is 3. The number of anilines is 1. The molecule has 12 nitrogen and oxygen atoms in total. The second kappa shape index (κ2) is 14.5. The van der Waals surface area contributed by atoms with Gasteiger partial charge in [0.05, 0.1) is 33.1 Å². The lowest BCUT2D eigenvalue weighted by molar-refractivity contribution is -0.122. The third-order valence-corrected chi connectivity index (χ3v) is 8.44. The number of nitrogens with one attached hydrogen (secondary N) is 3. The van der Waals surface area contributed by atoms with Crippen LogP contribution in [0.25, 0.3) is 16.8 Å². The number of pyridine rings is 1. The fraction of sp³-hybridized carbons (Fsp3) is 0.400. The van der Waals surface area contributed by atoms with Crippen LogP contribution in [0.4, 0.5) is 5.69 Å². The van der Waals surface area contributed by atoms with E-state index in [4.69, 9.17) is 14.2 Å². The van der Waals surface area contributed by atoms with E-state index in [1.54, 1.807) is 33.5 Å². The van der Waals surface area contributed by atoms with Crippen molar-refractivity contribution in [2.45, 2.75) is 58.5 Å². The highest BCUT2D eigenvalue weighted by Crippen LogP contribution is 2.50. The molecule has 0 saturated carbocycles. The highest BCUT2D eigenvalue weighted by molar-refractivity contribution is 5.86. The topological polar surface area (TPSA) is 145 Å². The summed E-state index contributed by atoms with van der Waals surface area (Å²) in [7, 11) is 4.67. The fourth-order valence-corrected chi connectivity index (χ4v) is 6.16. The molecule has 0 fully saturated rings. The zero-order valence-corrected chi connectivity index (χ0v) is 27.7. The van der Waals surface area contributed by atoms with Crippen LogP contribution in [0.3, 0.4) is 0 Å². The molecule has 47 heavy (non-hydrogen) atoms. The Labute approximate surface area is 273 Å². The maximum absolute atomic E-state index is 13.8. The molecule has 2 aromatic heterocycles. The largest absolute Gasteiger partial charge is 0.493 e. The van der Waals surface area contributed by atoms with Crippen LogP contribution in [-0.4, -0.2) is 60.3 Å². The van der Waals surface area contributed by atoms with Crippen molar-refractivity contribution in [2.24, 2.45) is 5.92 Å². The second-order valence-corrected chi connectivity index (χ2v) is 11.9. The lowest BCUT2D eigenvalue weighted by Crippen LogP contribution is -2.44. The summed E-state index contributed by atoms with van der Waals surface area (Å²) < 4.78 is 19.1. The van der Waals surface area contributed by atoms with Crippen LogP contribution in [0, 0.1) is 5.92 Å². The average molecular weight is 643 g/mol. The van der Waals surface area contributed by atoms with Crippen molar-refractivity contribution in [1.82, 2.24) is 25.2 Å². The van der Waals surface area contributed by atoms with Gasteiger partial charge in [-0.2, -0.15) is 0 Å². The smallest absolute Gasteiger partial charge is 0.242 e. The highest BCUT2D eigenvalue weighted by Gasteiger charge is 2.30. The summed E-state index contributed by atoms with van der Waals surface area (Å²) in [6.45, 7) is 5.75. The summed E-state index contributed by atoms with van der Waals surface area (Å²) in [4.78, 5) is 39.5. The van der Waals surface area contributed by atoms with Crippen LogP contribution >= 0.6 is 0 Å². The number of fused-ring (bicyclic) bond motifs is 4. The zero-order chi connectivity index (χ0) is 33.7. The lowest BCUT2D eigenvalue weighted by Gasteiger charge is -2.22. The minimum atomic E-state index is -0.670. The highest BCUT2D eigenvalue weighted by atomic mass is 16.5. The Morgan fingerprint density at radius 2 is 1.81 bits per heavy atom. The number of aromatic nitrogens is 3. The molecular weight excluding hydrogens is 600 g/mol. The van der Waals surface area contributed by atoms with Gasteiger partial charge in [-0.3, -0.25) is 18.8 Å². The average Bonchev–Trinajstić information content (AvgIpc) is 3.32. The van der Waals surface area contributed by atoms with Crippen LogP contribution in [-0.2, 0) is 22.4 Å². The fourth-order valence-electron chi connectivity index (χ4n) is 6.16. The number of methoxy groups -OCH3 is 3. The number of benzene rings is 1. The Hall–Kier alpha value is -5.13. The summed E-state index contributed by atoms with van der Waals surface area (Å²) in [5.41, 5.74) is 3.79. The third kappa shape index (κ3) is 7.01. The van der Waals surface area contributed by atoms with Gasteiger partial charge in [-0.15, -0.1) is 10.2 Å². The molecule has 12 heteroatoms. The van der Waals surface area contributed by atoms with Crippen LogP contribution in [0.5, 0.6) is 17.2 Å². The predicted molar refractivity (Wildman–Crippen MR) is 179 cm³/mol. The molecule has 5 rings (SSSR count). The Kier molecular flexibility index (Phi) is 10.3. The van der Waals surface area contributed by atoms with Gasteiger partial charge in [-0.05, 0) is 72.2 Å². The molecular formula is C35H42N6O6. The van der Waals surface area contributed by atoms with Crippen molar-refractivity contribution < 1.29 is 23.8 Å². The van der Waals surface area contributed by atoms with Gasteiger partial charge in [0, 0.05) is 31.6 Å². The lowest BCUT2D eigenvalue weighted by atomic mass is 9.95.